The molecule has 1 saturated heterocycles. The average molecular weight is 371 g/mol. The molecule has 1 heterocycles. The molecule has 1 atom stereocenters. The van der Waals surface area contributed by atoms with Crippen molar-refractivity contribution in [3.05, 3.63) is 66.0 Å². The van der Waals surface area contributed by atoms with Crippen LogP contribution in [0.4, 0.5) is 4.39 Å². The normalized spacial score (nSPS) is 17.1. The SMILES string of the molecule is CC[C@H](Oc1ccc(F)cc1)C(=O)NCC1(c2ccccc2)CCOCC1. The van der Waals surface area contributed by atoms with E-state index in [9.17, 15) is 9.18 Å². The second-order valence-electron chi connectivity index (χ2n) is 6.95. The highest BCUT2D eigenvalue weighted by molar-refractivity contribution is 5.81. The highest BCUT2D eigenvalue weighted by Gasteiger charge is 2.35. The van der Waals surface area contributed by atoms with Gasteiger partial charge in [0.2, 0.25) is 0 Å². The number of halogens is 1. The predicted molar refractivity (Wildman–Crippen MR) is 102 cm³/mol. The van der Waals surface area contributed by atoms with Crippen molar-refractivity contribution in [2.45, 2.75) is 37.7 Å². The van der Waals surface area contributed by atoms with E-state index in [2.05, 4.69) is 17.4 Å². The molecule has 0 aromatic heterocycles. The van der Waals surface area contributed by atoms with Gasteiger partial charge in [-0.1, -0.05) is 37.3 Å². The van der Waals surface area contributed by atoms with Crippen LogP contribution in [0.3, 0.4) is 0 Å². The molecule has 0 unspecified atom stereocenters. The third-order valence-corrected chi connectivity index (χ3v) is 5.19. The quantitative estimate of drug-likeness (QED) is 0.804. The molecule has 1 aliphatic heterocycles. The Balaban J connectivity index is 1.66. The second-order valence-corrected chi connectivity index (χ2v) is 6.95. The smallest absolute Gasteiger partial charge is 0.261 e. The number of rotatable bonds is 7. The number of benzene rings is 2. The Hall–Kier alpha value is -2.40. The van der Waals surface area contributed by atoms with Crippen molar-refractivity contribution >= 4 is 5.91 Å². The summed E-state index contributed by atoms with van der Waals surface area (Å²) in [7, 11) is 0. The zero-order chi connectivity index (χ0) is 19.1. The molecule has 27 heavy (non-hydrogen) atoms. The Labute approximate surface area is 159 Å². The lowest BCUT2D eigenvalue weighted by atomic mass is 9.74. The number of carbonyl (C=O) groups excluding carboxylic acids is 1. The zero-order valence-corrected chi connectivity index (χ0v) is 15.6. The van der Waals surface area contributed by atoms with E-state index in [-0.39, 0.29) is 17.1 Å². The molecule has 1 N–H and O–H groups in total. The topological polar surface area (TPSA) is 47.6 Å². The van der Waals surface area contributed by atoms with Gasteiger partial charge in [0.1, 0.15) is 11.6 Å². The Morgan fingerprint density at radius 1 is 1.15 bits per heavy atom. The molecule has 3 rings (SSSR count). The van der Waals surface area contributed by atoms with Gasteiger partial charge < -0.3 is 14.8 Å². The Morgan fingerprint density at radius 2 is 1.81 bits per heavy atom. The summed E-state index contributed by atoms with van der Waals surface area (Å²) in [5, 5.41) is 3.08. The third kappa shape index (κ3) is 4.86. The van der Waals surface area contributed by atoms with Gasteiger partial charge >= 0.3 is 0 Å². The minimum Gasteiger partial charge on any atom is -0.481 e. The number of nitrogens with one attached hydrogen (secondary N) is 1. The first kappa shape index (κ1) is 19.4. The highest BCUT2D eigenvalue weighted by Crippen LogP contribution is 2.34. The first-order valence-corrected chi connectivity index (χ1v) is 9.46. The Bertz CT molecular complexity index is 727. The van der Waals surface area contributed by atoms with Gasteiger partial charge in [-0.05, 0) is 49.1 Å². The lowest BCUT2D eigenvalue weighted by Gasteiger charge is -2.38. The monoisotopic (exact) mass is 371 g/mol. The first-order chi connectivity index (χ1) is 13.1. The van der Waals surface area contributed by atoms with Gasteiger partial charge in [0.05, 0.1) is 0 Å². The maximum atomic E-state index is 13.0. The number of carbonyl (C=O) groups is 1. The standard InChI is InChI=1S/C22H26FNO3/c1-2-20(27-19-10-8-18(23)9-11-19)21(25)24-16-22(12-14-26-15-13-22)17-6-4-3-5-7-17/h3-11,20H,2,12-16H2,1H3,(H,24,25)/t20-/m0/s1. The van der Waals surface area contributed by atoms with Gasteiger partial charge in [-0.2, -0.15) is 0 Å². The van der Waals surface area contributed by atoms with Gasteiger partial charge in [0, 0.05) is 25.2 Å². The molecule has 2 aromatic carbocycles. The molecular formula is C22H26FNO3. The molecule has 0 bridgehead atoms. The van der Waals surface area contributed by atoms with Crippen LogP contribution in [-0.2, 0) is 14.9 Å². The summed E-state index contributed by atoms with van der Waals surface area (Å²) in [4.78, 5) is 12.7. The molecule has 0 saturated carbocycles. The van der Waals surface area contributed by atoms with Crippen LogP contribution in [0.1, 0.15) is 31.7 Å². The van der Waals surface area contributed by atoms with Crippen molar-refractivity contribution < 1.29 is 18.7 Å². The van der Waals surface area contributed by atoms with E-state index in [4.69, 9.17) is 9.47 Å². The summed E-state index contributed by atoms with van der Waals surface area (Å²) in [5.41, 5.74) is 1.10. The number of hydrogen-bond acceptors (Lipinski definition) is 3. The Morgan fingerprint density at radius 3 is 2.44 bits per heavy atom. The second kappa shape index (κ2) is 9.00. The minimum absolute atomic E-state index is 0.122. The van der Waals surface area contributed by atoms with Crippen molar-refractivity contribution in [3.63, 3.8) is 0 Å². The van der Waals surface area contributed by atoms with E-state index in [0.29, 0.717) is 31.9 Å². The van der Waals surface area contributed by atoms with Crippen molar-refractivity contribution in [1.82, 2.24) is 5.32 Å². The van der Waals surface area contributed by atoms with E-state index in [1.807, 2.05) is 25.1 Å². The van der Waals surface area contributed by atoms with E-state index in [1.165, 1.54) is 29.8 Å². The zero-order valence-electron chi connectivity index (χ0n) is 15.6. The molecule has 1 amide bonds. The molecule has 0 aliphatic carbocycles. The first-order valence-electron chi connectivity index (χ1n) is 9.46. The number of hydrogen-bond donors (Lipinski definition) is 1. The predicted octanol–water partition coefficient (Wildman–Crippen LogP) is 3.85. The van der Waals surface area contributed by atoms with Gasteiger partial charge in [-0.25, -0.2) is 4.39 Å². The fraction of sp³-hybridized carbons (Fsp3) is 0.409. The summed E-state index contributed by atoms with van der Waals surface area (Å²) >= 11 is 0. The Kier molecular flexibility index (Phi) is 6.45. The highest BCUT2D eigenvalue weighted by atomic mass is 19.1. The summed E-state index contributed by atoms with van der Waals surface area (Å²) < 4.78 is 24.3. The largest absolute Gasteiger partial charge is 0.481 e. The van der Waals surface area contributed by atoms with Crippen LogP contribution in [0.5, 0.6) is 5.75 Å². The summed E-state index contributed by atoms with van der Waals surface area (Å²) in [6, 6.07) is 16.0. The number of amides is 1. The molecule has 1 aliphatic rings. The van der Waals surface area contributed by atoms with Crippen molar-refractivity contribution in [3.8, 4) is 5.75 Å². The molecule has 2 aromatic rings. The average Bonchev–Trinajstić information content (AvgIpc) is 2.73. The minimum atomic E-state index is -0.608. The molecular weight excluding hydrogens is 345 g/mol. The molecule has 1 fully saturated rings. The maximum absolute atomic E-state index is 13.0. The molecule has 0 spiro atoms. The summed E-state index contributed by atoms with van der Waals surface area (Å²) in [6.45, 7) is 3.82. The fourth-order valence-corrected chi connectivity index (χ4v) is 3.49. The molecule has 4 nitrogen and oxygen atoms in total. The van der Waals surface area contributed by atoms with E-state index < -0.39 is 6.10 Å². The van der Waals surface area contributed by atoms with Crippen LogP contribution >= 0.6 is 0 Å². The van der Waals surface area contributed by atoms with Crippen LogP contribution in [0.2, 0.25) is 0 Å². The third-order valence-electron chi connectivity index (χ3n) is 5.19. The van der Waals surface area contributed by atoms with Gasteiger partial charge in [-0.15, -0.1) is 0 Å². The lowest BCUT2D eigenvalue weighted by Crippen LogP contribution is -2.48. The van der Waals surface area contributed by atoms with Crippen LogP contribution in [-0.4, -0.2) is 31.8 Å². The van der Waals surface area contributed by atoms with Gasteiger partial charge in [0.15, 0.2) is 6.10 Å². The van der Waals surface area contributed by atoms with Crippen molar-refractivity contribution in [2.24, 2.45) is 0 Å². The van der Waals surface area contributed by atoms with Crippen molar-refractivity contribution in [2.75, 3.05) is 19.8 Å². The number of ether oxygens (including phenoxy) is 2. The molecule has 0 radical (unpaired) electrons. The molecule has 5 heteroatoms. The van der Waals surface area contributed by atoms with E-state index >= 15 is 0 Å². The van der Waals surface area contributed by atoms with Crippen LogP contribution in [0.15, 0.2) is 54.6 Å². The van der Waals surface area contributed by atoms with E-state index in [1.54, 1.807) is 0 Å². The molecule has 144 valence electrons. The lowest BCUT2D eigenvalue weighted by molar-refractivity contribution is -0.128. The van der Waals surface area contributed by atoms with Gasteiger partial charge in [-0.3, -0.25) is 4.79 Å². The van der Waals surface area contributed by atoms with Crippen LogP contribution < -0.4 is 10.1 Å². The van der Waals surface area contributed by atoms with Crippen molar-refractivity contribution in [1.29, 1.82) is 0 Å². The fourth-order valence-electron chi connectivity index (χ4n) is 3.49. The van der Waals surface area contributed by atoms with Crippen LogP contribution in [0, 0.1) is 5.82 Å². The summed E-state index contributed by atoms with van der Waals surface area (Å²) in [6.07, 6.45) is 1.66. The van der Waals surface area contributed by atoms with E-state index in [0.717, 1.165) is 12.8 Å². The van der Waals surface area contributed by atoms with Gasteiger partial charge in [0.25, 0.3) is 5.91 Å². The summed E-state index contributed by atoms with van der Waals surface area (Å²) in [5.74, 6) is 0.00929. The maximum Gasteiger partial charge on any atom is 0.261 e. The van der Waals surface area contributed by atoms with Crippen LogP contribution in [0.25, 0.3) is 0 Å².